The molecule has 5 heteroatoms. The van der Waals surface area contributed by atoms with Crippen LogP contribution >= 0.6 is 0 Å². The Labute approximate surface area is 119 Å². The van der Waals surface area contributed by atoms with Crippen molar-refractivity contribution in [2.45, 2.75) is 45.1 Å². The number of hydrogen-bond donors (Lipinski definition) is 1. The second-order valence-corrected chi connectivity index (χ2v) is 6.45. The minimum absolute atomic E-state index is 0.0241. The first-order valence-electron chi connectivity index (χ1n) is 7.25. The summed E-state index contributed by atoms with van der Waals surface area (Å²) in [6, 6.07) is 2.52. The van der Waals surface area contributed by atoms with Gasteiger partial charge in [0, 0.05) is 23.9 Å². The Morgan fingerprint density at radius 3 is 3.00 bits per heavy atom. The van der Waals surface area contributed by atoms with Gasteiger partial charge in [0.05, 0.1) is 5.69 Å². The number of nitrogens with zero attached hydrogens (tertiary/aromatic N) is 3. The lowest BCUT2D eigenvalue weighted by atomic mass is 9.92. The van der Waals surface area contributed by atoms with Crippen LogP contribution in [-0.4, -0.2) is 33.8 Å². The van der Waals surface area contributed by atoms with Crippen LogP contribution in [-0.2, 0) is 5.41 Å². The van der Waals surface area contributed by atoms with Gasteiger partial charge in [0.15, 0.2) is 0 Å². The standard InChI is InChI=1S/C15H22N4O/c1-15(2,3)13-9-12-14(17-7-8-19(12)18-13)20-10-11-5-4-6-16-11/h7-9,11,16H,4-6,10H2,1-3H3. The van der Waals surface area contributed by atoms with Crippen LogP contribution in [0.2, 0.25) is 0 Å². The van der Waals surface area contributed by atoms with Crippen LogP contribution in [0.4, 0.5) is 0 Å². The van der Waals surface area contributed by atoms with E-state index in [1.54, 1.807) is 6.20 Å². The van der Waals surface area contributed by atoms with E-state index in [1.165, 1.54) is 12.8 Å². The van der Waals surface area contributed by atoms with Gasteiger partial charge in [0.25, 0.3) is 0 Å². The molecule has 0 amide bonds. The minimum atomic E-state index is 0.0241. The lowest BCUT2D eigenvalue weighted by molar-refractivity contribution is 0.269. The predicted molar refractivity (Wildman–Crippen MR) is 78.2 cm³/mol. The minimum Gasteiger partial charge on any atom is -0.474 e. The van der Waals surface area contributed by atoms with Gasteiger partial charge in [0.2, 0.25) is 5.88 Å². The van der Waals surface area contributed by atoms with Gasteiger partial charge >= 0.3 is 0 Å². The number of nitrogens with one attached hydrogen (secondary N) is 1. The van der Waals surface area contributed by atoms with Crippen molar-refractivity contribution in [3.63, 3.8) is 0 Å². The van der Waals surface area contributed by atoms with Crippen LogP contribution in [0.25, 0.3) is 5.52 Å². The molecular weight excluding hydrogens is 252 g/mol. The first kappa shape index (κ1) is 13.4. The lowest BCUT2D eigenvalue weighted by Crippen LogP contribution is -2.28. The van der Waals surface area contributed by atoms with Crippen molar-refractivity contribution in [3.8, 4) is 5.88 Å². The van der Waals surface area contributed by atoms with Crippen LogP contribution in [0.5, 0.6) is 5.88 Å². The van der Waals surface area contributed by atoms with E-state index in [0.29, 0.717) is 18.5 Å². The largest absolute Gasteiger partial charge is 0.474 e. The highest BCUT2D eigenvalue weighted by atomic mass is 16.5. The topological polar surface area (TPSA) is 51.5 Å². The quantitative estimate of drug-likeness (QED) is 0.932. The third-order valence-electron chi connectivity index (χ3n) is 3.71. The van der Waals surface area contributed by atoms with E-state index in [9.17, 15) is 0 Å². The third kappa shape index (κ3) is 2.63. The van der Waals surface area contributed by atoms with Gasteiger partial charge < -0.3 is 10.1 Å². The summed E-state index contributed by atoms with van der Waals surface area (Å²) in [4.78, 5) is 4.35. The Balaban J connectivity index is 1.84. The Kier molecular flexibility index (Phi) is 3.38. The highest BCUT2D eigenvalue weighted by Crippen LogP contribution is 2.25. The van der Waals surface area contributed by atoms with Gasteiger partial charge in [-0.05, 0) is 25.5 Å². The summed E-state index contributed by atoms with van der Waals surface area (Å²) in [6.07, 6.45) is 6.01. The molecule has 0 bridgehead atoms. The molecule has 1 unspecified atom stereocenters. The van der Waals surface area contributed by atoms with Crippen LogP contribution in [0, 0.1) is 0 Å². The predicted octanol–water partition coefficient (Wildman–Crippen LogP) is 2.16. The van der Waals surface area contributed by atoms with Crippen LogP contribution < -0.4 is 10.1 Å². The summed E-state index contributed by atoms with van der Waals surface area (Å²) in [5, 5.41) is 8.03. The zero-order valence-electron chi connectivity index (χ0n) is 12.4. The zero-order chi connectivity index (χ0) is 14.2. The monoisotopic (exact) mass is 274 g/mol. The molecule has 0 radical (unpaired) electrons. The molecule has 1 N–H and O–H groups in total. The molecule has 0 aliphatic carbocycles. The lowest BCUT2D eigenvalue weighted by Gasteiger charge is -2.13. The number of hydrogen-bond acceptors (Lipinski definition) is 4. The van der Waals surface area contributed by atoms with Crippen molar-refractivity contribution in [2.75, 3.05) is 13.2 Å². The molecule has 1 aliphatic heterocycles. The maximum absolute atomic E-state index is 5.89. The molecule has 2 aromatic heterocycles. The van der Waals surface area contributed by atoms with Crippen LogP contribution in [0.15, 0.2) is 18.5 Å². The summed E-state index contributed by atoms with van der Waals surface area (Å²) in [5.74, 6) is 0.671. The molecule has 2 aromatic rings. The zero-order valence-corrected chi connectivity index (χ0v) is 12.4. The molecule has 5 nitrogen and oxygen atoms in total. The molecule has 1 saturated heterocycles. The Morgan fingerprint density at radius 1 is 1.45 bits per heavy atom. The summed E-state index contributed by atoms with van der Waals surface area (Å²) in [5.41, 5.74) is 2.01. The van der Waals surface area contributed by atoms with E-state index >= 15 is 0 Å². The molecule has 1 fully saturated rings. The summed E-state index contributed by atoms with van der Waals surface area (Å²) >= 11 is 0. The molecule has 0 spiro atoms. The van der Waals surface area contributed by atoms with Gasteiger partial charge in [-0.3, -0.25) is 0 Å². The average molecular weight is 274 g/mol. The van der Waals surface area contributed by atoms with Gasteiger partial charge in [0.1, 0.15) is 12.1 Å². The highest BCUT2D eigenvalue weighted by molar-refractivity contribution is 5.57. The van der Waals surface area contributed by atoms with Gasteiger partial charge in [-0.1, -0.05) is 20.8 Å². The van der Waals surface area contributed by atoms with Crippen molar-refractivity contribution >= 4 is 5.52 Å². The fourth-order valence-corrected chi connectivity index (χ4v) is 2.45. The fraction of sp³-hybridized carbons (Fsp3) is 0.600. The molecule has 0 aromatic carbocycles. The maximum Gasteiger partial charge on any atom is 0.240 e. The van der Waals surface area contributed by atoms with Crippen molar-refractivity contribution in [3.05, 3.63) is 24.2 Å². The Bertz CT molecular complexity index is 593. The van der Waals surface area contributed by atoms with Gasteiger partial charge in [-0.2, -0.15) is 5.10 Å². The normalized spacial score (nSPS) is 19.6. The van der Waals surface area contributed by atoms with E-state index in [4.69, 9.17) is 4.74 Å². The van der Waals surface area contributed by atoms with E-state index in [0.717, 1.165) is 17.8 Å². The van der Waals surface area contributed by atoms with Crippen molar-refractivity contribution in [1.29, 1.82) is 0 Å². The highest BCUT2D eigenvalue weighted by Gasteiger charge is 2.20. The van der Waals surface area contributed by atoms with E-state index in [-0.39, 0.29) is 5.41 Å². The van der Waals surface area contributed by atoms with Crippen LogP contribution in [0.1, 0.15) is 39.3 Å². The Morgan fingerprint density at radius 2 is 2.30 bits per heavy atom. The summed E-state index contributed by atoms with van der Waals surface area (Å²) in [7, 11) is 0. The second kappa shape index (κ2) is 5.05. The molecule has 3 rings (SSSR count). The van der Waals surface area contributed by atoms with Crippen molar-refractivity contribution in [1.82, 2.24) is 19.9 Å². The smallest absolute Gasteiger partial charge is 0.240 e. The van der Waals surface area contributed by atoms with Crippen molar-refractivity contribution < 1.29 is 4.74 Å². The van der Waals surface area contributed by atoms with Crippen LogP contribution in [0.3, 0.4) is 0 Å². The SMILES string of the molecule is CC(C)(C)c1cc2c(OCC3CCCN3)nccn2n1. The molecule has 3 heterocycles. The van der Waals surface area contributed by atoms with E-state index in [2.05, 4.69) is 42.2 Å². The van der Waals surface area contributed by atoms with E-state index in [1.807, 2.05) is 10.7 Å². The van der Waals surface area contributed by atoms with Gasteiger partial charge in [-0.15, -0.1) is 0 Å². The molecule has 108 valence electrons. The van der Waals surface area contributed by atoms with Gasteiger partial charge in [-0.25, -0.2) is 9.50 Å². The number of rotatable bonds is 3. The molecule has 1 aliphatic rings. The number of aromatic nitrogens is 3. The van der Waals surface area contributed by atoms with E-state index < -0.39 is 0 Å². The average Bonchev–Trinajstić information content (AvgIpc) is 3.04. The molecule has 0 saturated carbocycles. The maximum atomic E-state index is 5.89. The second-order valence-electron chi connectivity index (χ2n) is 6.45. The first-order chi connectivity index (χ1) is 9.54. The summed E-state index contributed by atoms with van der Waals surface area (Å²) < 4.78 is 7.75. The third-order valence-corrected chi connectivity index (χ3v) is 3.71. The molecule has 20 heavy (non-hydrogen) atoms. The number of ether oxygens (including phenoxy) is 1. The number of fused-ring (bicyclic) bond motifs is 1. The fourth-order valence-electron chi connectivity index (χ4n) is 2.45. The first-order valence-corrected chi connectivity index (χ1v) is 7.25. The summed E-state index contributed by atoms with van der Waals surface area (Å²) in [6.45, 7) is 8.23. The Hall–Kier alpha value is -1.62. The molecule has 1 atom stereocenters. The molecular formula is C15H22N4O. The van der Waals surface area contributed by atoms with Crippen molar-refractivity contribution in [2.24, 2.45) is 0 Å².